The molecule has 162 valence electrons. The quantitative estimate of drug-likeness (QED) is 0.608. The van der Waals surface area contributed by atoms with E-state index in [-0.39, 0.29) is 22.0 Å². The predicted molar refractivity (Wildman–Crippen MR) is 110 cm³/mol. The maximum atomic E-state index is 14.3. The van der Waals surface area contributed by atoms with Crippen LogP contribution in [0.5, 0.6) is 0 Å². The highest BCUT2D eigenvalue weighted by Gasteiger charge is 2.30. The van der Waals surface area contributed by atoms with Gasteiger partial charge in [-0.05, 0) is 49.2 Å². The Labute approximate surface area is 180 Å². The van der Waals surface area contributed by atoms with Gasteiger partial charge >= 0.3 is 0 Å². The van der Waals surface area contributed by atoms with Crippen LogP contribution in [0.2, 0.25) is 0 Å². The minimum atomic E-state index is -4.05. The number of hydrogen-bond acceptors (Lipinski definition) is 5. The first-order valence-electron chi connectivity index (χ1n) is 9.28. The van der Waals surface area contributed by atoms with Crippen molar-refractivity contribution < 1.29 is 26.4 Å². The van der Waals surface area contributed by atoms with Gasteiger partial charge in [0.2, 0.25) is 10.0 Å². The second-order valence-corrected chi connectivity index (χ2v) is 9.64. The molecular formula is C20H16F3N3O3S2. The second kappa shape index (κ2) is 8.40. The molecule has 0 aliphatic carbocycles. The van der Waals surface area contributed by atoms with Crippen molar-refractivity contribution in [3.63, 3.8) is 0 Å². The zero-order valence-electron chi connectivity index (χ0n) is 15.9. The van der Waals surface area contributed by atoms with Gasteiger partial charge in [0, 0.05) is 29.6 Å². The molecule has 1 amide bonds. The third-order valence-electron chi connectivity index (χ3n) is 4.81. The Bertz CT molecular complexity index is 1260. The average molecular weight is 467 g/mol. The molecular weight excluding hydrogens is 451 g/mol. The summed E-state index contributed by atoms with van der Waals surface area (Å²) in [4.78, 5) is 16.1. The Morgan fingerprint density at radius 3 is 2.48 bits per heavy atom. The number of amides is 1. The average Bonchev–Trinajstić information content (AvgIpc) is 3.42. The molecule has 0 unspecified atom stereocenters. The van der Waals surface area contributed by atoms with Crippen LogP contribution in [-0.2, 0) is 10.0 Å². The summed E-state index contributed by atoms with van der Waals surface area (Å²) in [5.74, 6) is -2.95. The van der Waals surface area contributed by atoms with E-state index in [9.17, 15) is 26.4 Å². The number of nitrogens with one attached hydrogen (secondary N) is 1. The van der Waals surface area contributed by atoms with Crippen molar-refractivity contribution in [1.82, 2.24) is 9.29 Å². The van der Waals surface area contributed by atoms with Crippen LogP contribution < -0.4 is 5.32 Å². The number of thiazole rings is 1. The van der Waals surface area contributed by atoms with E-state index in [0.29, 0.717) is 25.9 Å². The standard InChI is InChI=1S/C20H16F3N3O3S2/c21-13-4-6-15(22)14(10-13)17-11-30-20(24-17)25-19(27)12-3-5-16(23)18(9-12)31(28,29)26-7-1-2-8-26/h3-6,9-11H,1-2,7-8H2,(H,24,25,27). The molecule has 1 aliphatic heterocycles. The summed E-state index contributed by atoms with van der Waals surface area (Å²) in [5.41, 5.74) is -0.000844. The van der Waals surface area contributed by atoms with E-state index in [1.807, 2.05) is 0 Å². The summed E-state index contributed by atoms with van der Waals surface area (Å²) in [6, 6.07) is 6.02. The minimum absolute atomic E-state index is 0.0578. The van der Waals surface area contributed by atoms with Gasteiger partial charge in [0.05, 0.1) is 5.69 Å². The fraction of sp³-hybridized carbons (Fsp3) is 0.200. The summed E-state index contributed by atoms with van der Waals surface area (Å²) >= 11 is 0.983. The highest BCUT2D eigenvalue weighted by molar-refractivity contribution is 7.89. The zero-order chi connectivity index (χ0) is 22.2. The van der Waals surface area contributed by atoms with Gasteiger partial charge in [-0.1, -0.05) is 0 Å². The van der Waals surface area contributed by atoms with E-state index in [1.165, 1.54) is 9.69 Å². The van der Waals surface area contributed by atoms with Gasteiger partial charge < -0.3 is 0 Å². The molecule has 3 aromatic rings. The van der Waals surface area contributed by atoms with Crippen molar-refractivity contribution in [3.8, 4) is 11.3 Å². The molecule has 1 N–H and O–H groups in total. The van der Waals surface area contributed by atoms with Gasteiger partial charge in [-0.25, -0.2) is 26.6 Å². The topological polar surface area (TPSA) is 79.4 Å². The van der Waals surface area contributed by atoms with Crippen molar-refractivity contribution in [3.05, 3.63) is 64.8 Å². The van der Waals surface area contributed by atoms with Gasteiger partial charge in [0.25, 0.3) is 5.91 Å². The number of nitrogens with zero attached hydrogens (tertiary/aromatic N) is 2. The van der Waals surface area contributed by atoms with Crippen LogP contribution in [0, 0.1) is 17.5 Å². The fourth-order valence-electron chi connectivity index (χ4n) is 3.23. The van der Waals surface area contributed by atoms with Crippen molar-refractivity contribution in [2.45, 2.75) is 17.7 Å². The van der Waals surface area contributed by atoms with E-state index in [2.05, 4.69) is 10.3 Å². The minimum Gasteiger partial charge on any atom is -0.298 e. The van der Waals surface area contributed by atoms with E-state index < -0.39 is 38.3 Å². The van der Waals surface area contributed by atoms with E-state index in [1.54, 1.807) is 0 Å². The molecule has 4 rings (SSSR count). The lowest BCUT2D eigenvalue weighted by Gasteiger charge is -2.16. The Morgan fingerprint density at radius 1 is 1.03 bits per heavy atom. The van der Waals surface area contributed by atoms with Crippen molar-refractivity contribution in [1.29, 1.82) is 0 Å². The molecule has 1 saturated heterocycles. The maximum absolute atomic E-state index is 14.3. The number of hydrogen-bond donors (Lipinski definition) is 1. The molecule has 0 bridgehead atoms. The molecule has 6 nitrogen and oxygen atoms in total. The van der Waals surface area contributed by atoms with Gasteiger partial charge in [-0.15, -0.1) is 11.3 Å². The van der Waals surface area contributed by atoms with Crippen LogP contribution in [0.25, 0.3) is 11.3 Å². The number of carbonyl (C=O) groups excluding carboxylic acids is 1. The third kappa shape index (κ3) is 4.34. The Balaban J connectivity index is 1.57. The molecule has 2 aromatic carbocycles. The van der Waals surface area contributed by atoms with Gasteiger partial charge in [0.15, 0.2) is 5.13 Å². The fourth-order valence-corrected chi connectivity index (χ4v) is 5.54. The second-order valence-electron chi connectivity index (χ2n) is 6.87. The monoisotopic (exact) mass is 467 g/mol. The highest BCUT2D eigenvalue weighted by Crippen LogP contribution is 2.29. The summed E-state index contributed by atoms with van der Waals surface area (Å²) in [5, 5.41) is 4.01. The summed E-state index contributed by atoms with van der Waals surface area (Å²) in [6.07, 6.45) is 1.39. The lowest BCUT2D eigenvalue weighted by Crippen LogP contribution is -2.29. The number of aromatic nitrogens is 1. The third-order valence-corrected chi connectivity index (χ3v) is 7.48. The Morgan fingerprint density at radius 2 is 1.74 bits per heavy atom. The highest BCUT2D eigenvalue weighted by atomic mass is 32.2. The smallest absolute Gasteiger partial charge is 0.257 e. The molecule has 0 atom stereocenters. The summed E-state index contributed by atoms with van der Waals surface area (Å²) < 4.78 is 68.2. The van der Waals surface area contributed by atoms with Crippen LogP contribution in [0.3, 0.4) is 0 Å². The van der Waals surface area contributed by atoms with Crippen LogP contribution in [0.4, 0.5) is 18.3 Å². The molecule has 11 heteroatoms. The van der Waals surface area contributed by atoms with Crippen molar-refractivity contribution >= 4 is 32.4 Å². The number of anilines is 1. The van der Waals surface area contributed by atoms with E-state index in [4.69, 9.17) is 0 Å². The number of carbonyl (C=O) groups is 1. The molecule has 1 fully saturated rings. The molecule has 0 saturated carbocycles. The molecule has 0 spiro atoms. The predicted octanol–water partition coefficient (Wildman–Crippen LogP) is 4.26. The molecule has 31 heavy (non-hydrogen) atoms. The number of rotatable bonds is 5. The first-order valence-corrected chi connectivity index (χ1v) is 11.6. The van der Waals surface area contributed by atoms with Crippen LogP contribution in [0.15, 0.2) is 46.7 Å². The van der Waals surface area contributed by atoms with Gasteiger partial charge in [-0.2, -0.15) is 4.31 Å². The molecule has 0 radical (unpaired) electrons. The van der Waals surface area contributed by atoms with E-state index in [0.717, 1.165) is 47.7 Å². The van der Waals surface area contributed by atoms with Crippen molar-refractivity contribution in [2.75, 3.05) is 18.4 Å². The molecule has 1 aliphatic rings. The Kier molecular flexibility index (Phi) is 5.82. The van der Waals surface area contributed by atoms with Gasteiger partial charge in [0.1, 0.15) is 22.3 Å². The summed E-state index contributed by atoms with van der Waals surface area (Å²) in [6.45, 7) is 0.605. The first kappa shape index (κ1) is 21.5. The SMILES string of the molecule is O=C(Nc1nc(-c2cc(F)ccc2F)cs1)c1ccc(F)c(S(=O)(=O)N2CCCC2)c1. The van der Waals surface area contributed by atoms with Crippen molar-refractivity contribution in [2.24, 2.45) is 0 Å². The normalized spacial score (nSPS) is 14.7. The summed E-state index contributed by atoms with van der Waals surface area (Å²) in [7, 11) is -4.05. The zero-order valence-corrected chi connectivity index (χ0v) is 17.6. The van der Waals surface area contributed by atoms with Crippen LogP contribution >= 0.6 is 11.3 Å². The molecule has 2 heterocycles. The lowest BCUT2D eigenvalue weighted by atomic mass is 10.1. The van der Waals surface area contributed by atoms with E-state index >= 15 is 0 Å². The largest absolute Gasteiger partial charge is 0.298 e. The number of halogens is 3. The van der Waals surface area contributed by atoms with Crippen LogP contribution in [-0.4, -0.2) is 36.7 Å². The van der Waals surface area contributed by atoms with Crippen LogP contribution in [0.1, 0.15) is 23.2 Å². The lowest BCUT2D eigenvalue weighted by molar-refractivity contribution is 0.102. The number of sulfonamides is 1. The van der Waals surface area contributed by atoms with Gasteiger partial charge in [-0.3, -0.25) is 10.1 Å². The molecule has 1 aromatic heterocycles. The Hall–Kier alpha value is -2.76. The first-order chi connectivity index (χ1) is 14.8. The number of benzene rings is 2. The maximum Gasteiger partial charge on any atom is 0.257 e.